The molecule has 0 radical (unpaired) electrons. The van der Waals surface area contributed by atoms with Gasteiger partial charge in [0.1, 0.15) is 35.9 Å². The summed E-state index contributed by atoms with van der Waals surface area (Å²) in [6, 6.07) is 17.6. The van der Waals surface area contributed by atoms with E-state index in [0.717, 1.165) is 5.46 Å². The molecule has 0 unspecified atom stereocenters. The zero-order valence-corrected chi connectivity index (χ0v) is 22.1. The average Bonchev–Trinajstić information content (AvgIpc) is 3.34. The molecule has 13 heteroatoms. The summed E-state index contributed by atoms with van der Waals surface area (Å²) < 4.78 is 88.9. The molecule has 5 rings (SSSR count). The van der Waals surface area contributed by atoms with E-state index in [1.807, 2.05) is 37.2 Å². The highest BCUT2D eigenvalue weighted by Gasteiger charge is 2.76. The van der Waals surface area contributed by atoms with Crippen LogP contribution in [0.5, 0.6) is 0 Å². The number of rotatable bonds is 4. The van der Waals surface area contributed by atoms with E-state index < -0.39 is 39.5 Å². The van der Waals surface area contributed by atoms with Gasteiger partial charge in [0.25, 0.3) is 0 Å². The molecule has 0 aromatic heterocycles. The van der Waals surface area contributed by atoms with Crippen molar-refractivity contribution in [3.8, 4) is 0 Å². The smallest absolute Gasteiger partial charge is 0.477 e. The SMILES string of the molecule is C[B-]1(c2ccccc2)C2=[N+]([B-](OS(=O)(=O)C(F)(F)F)(c3ccccc3)[N+]3=C1OCC3(C)C)C(C)(C)CO2. The number of hydrogen-bond acceptors (Lipinski definition) is 5. The van der Waals surface area contributed by atoms with E-state index in [-0.39, 0.29) is 18.7 Å². The maximum atomic E-state index is 14.0. The van der Waals surface area contributed by atoms with E-state index in [4.69, 9.17) is 13.6 Å². The fraction of sp³-hybridized carbons (Fsp3) is 0.417. The predicted molar refractivity (Wildman–Crippen MR) is 136 cm³/mol. The van der Waals surface area contributed by atoms with Crippen LogP contribution in [0.3, 0.4) is 0 Å². The standard InChI is InChI=1S/C24H29B2F3N2O5S/c1-22(2)16-34-20-25(5,18-12-8-6-9-13-18)21-31(23(3,4)17-35-21)26(30(20)22,19-14-10-7-11-15-19)36-37(32,33)24(27,28)29/h6-15H,16-17H2,1-5H3. The van der Waals surface area contributed by atoms with Gasteiger partial charge in [-0.3, -0.25) is 0 Å². The lowest BCUT2D eigenvalue weighted by Gasteiger charge is -2.47. The van der Waals surface area contributed by atoms with Gasteiger partial charge in [0.15, 0.2) is 0 Å². The van der Waals surface area contributed by atoms with E-state index >= 15 is 0 Å². The van der Waals surface area contributed by atoms with Crippen LogP contribution in [-0.4, -0.2) is 71.5 Å². The molecule has 0 N–H and O–H groups in total. The Hall–Kier alpha value is -2.79. The number of benzene rings is 2. The third kappa shape index (κ3) is 3.49. The van der Waals surface area contributed by atoms with E-state index in [1.54, 1.807) is 67.0 Å². The number of hydrogen-bond donors (Lipinski definition) is 0. The zero-order valence-electron chi connectivity index (χ0n) is 21.3. The van der Waals surface area contributed by atoms with Crippen LogP contribution in [0, 0.1) is 0 Å². The monoisotopic (exact) mass is 536 g/mol. The van der Waals surface area contributed by atoms with Gasteiger partial charge in [0.05, 0.1) is 0 Å². The summed E-state index contributed by atoms with van der Waals surface area (Å²) in [7, 11) is -6.07. The van der Waals surface area contributed by atoms with Gasteiger partial charge in [0.2, 0.25) is 0 Å². The maximum Gasteiger partial charge on any atom is 0.722 e. The first kappa shape index (κ1) is 25.8. The number of alkyl halides is 3. The second-order valence-corrected chi connectivity index (χ2v) is 13.0. The van der Waals surface area contributed by atoms with Crippen LogP contribution in [-0.2, 0) is 23.7 Å². The third-order valence-corrected chi connectivity index (χ3v) is 8.95. The van der Waals surface area contributed by atoms with Crippen molar-refractivity contribution in [2.24, 2.45) is 0 Å². The molecule has 2 aromatic rings. The van der Waals surface area contributed by atoms with Crippen LogP contribution in [0.15, 0.2) is 60.7 Å². The molecule has 0 bridgehead atoms. The Balaban J connectivity index is 1.98. The summed E-state index contributed by atoms with van der Waals surface area (Å²) in [6.07, 6.45) is -1.98. The molecular weight excluding hydrogens is 507 g/mol. The Labute approximate surface area is 214 Å². The highest BCUT2D eigenvalue weighted by Crippen LogP contribution is 2.40. The number of ether oxygens (including phenoxy) is 2. The molecule has 0 saturated heterocycles. The minimum absolute atomic E-state index is 0.111. The molecule has 0 saturated carbocycles. The van der Waals surface area contributed by atoms with Gasteiger partial charge in [-0.25, -0.2) is 0 Å². The van der Waals surface area contributed by atoms with E-state index in [9.17, 15) is 21.6 Å². The average molecular weight is 536 g/mol. The Bertz CT molecular complexity index is 1380. The first-order valence-corrected chi connectivity index (χ1v) is 13.6. The highest BCUT2D eigenvalue weighted by molar-refractivity contribution is 7.88. The molecule has 3 aliphatic heterocycles. The second kappa shape index (κ2) is 7.86. The van der Waals surface area contributed by atoms with Crippen molar-refractivity contribution in [2.45, 2.75) is 51.1 Å². The second-order valence-electron chi connectivity index (χ2n) is 11.4. The molecule has 0 amide bonds. The summed E-state index contributed by atoms with van der Waals surface area (Å²) in [5.74, 6) is 0.669. The molecule has 198 valence electrons. The Morgan fingerprint density at radius 1 is 0.811 bits per heavy atom. The fourth-order valence-corrected chi connectivity index (χ4v) is 7.02. The summed E-state index contributed by atoms with van der Waals surface area (Å²) in [6.45, 7) is 6.10. The summed E-state index contributed by atoms with van der Waals surface area (Å²) in [4.78, 5) is 0. The van der Waals surface area contributed by atoms with Gasteiger partial charge < -0.3 is 22.5 Å². The molecule has 0 fully saturated rings. The molecule has 7 nitrogen and oxygen atoms in total. The molecule has 3 heterocycles. The van der Waals surface area contributed by atoms with Crippen LogP contribution in [0.25, 0.3) is 0 Å². The van der Waals surface area contributed by atoms with Crippen molar-refractivity contribution in [1.82, 2.24) is 0 Å². The fourth-order valence-electron chi connectivity index (χ4n) is 6.28. The predicted octanol–water partition coefficient (Wildman–Crippen LogP) is 2.22. The molecule has 2 aromatic carbocycles. The minimum Gasteiger partial charge on any atom is -0.477 e. The molecular formula is C24H29B2F3N2O5S. The lowest BCUT2D eigenvalue weighted by Crippen LogP contribution is -2.83. The molecule has 0 spiro atoms. The molecule has 0 aliphatic carbocycles. The van der Waals surface area contributed by atoms with Crippen LogP contribution >= 0.6 is 0 Å². The Kier molecular flexibility index (Phi) is 5.49. The number of nitrogens with zero attached hydrogens (tertiary/aromatic N) is 2. The lowest BCUT2D eigenvalue weighted by molar-refractivity contribution is -0.613. The quantitative estimate of drug-likeness (QED) is 0.443. The maximum absolute atomic E-state index is 14.0. The summed E-state index contributed by atoms with van der Waals surface area (Å²) in [5, 5.41) is 0. The Morgan fingerprint density at radius 2 is 1.22 bits per heavy atom. The van der Waals surface area contributed by atoms with Crippen molar-refractivity contribution in [3.63, 3.8) is 0 Å². The Morgan fingerprint density at radius 3 is 1.62 bits per heavy atom. The first-order chi connectivity index (χ1) is 17.1. The largest absolute Gasteiger partial charge is 0.722 e. The zero-order chi connectivity index (χ0) is 27.1. The van der Waals surface area contributed by atoms with Crippen LogP contribution < -0.4 is 10.9 Å². The van der Waals surface area contributed by atoms with Gasteiger partial charge in [-0.2, -0.15) is 33.9 Å². The van der Waals surface area contributed by atoms with Crippen LogP contribution in [0.2, 0.25) is 6.82 Å². The van der Waals surface area contributed by atoms with Gasteiger partial charge in [-0.1, -0.05) is 60.7 Å². The van der Waals surface area contributed by atoms with Gasteiger partial charge in [-0.15, -0.1) is 0 Å². The van der Waals surface area contributed by atoms with Crippen LogP contribution in [0.4, 0.5) is 13.2 Å². The highest BCUT2D eigenvalue weighted by atomic mass is 32.2. The van der Waals surface area contributed by atoms with Gasteiger partial charge in [0, 0.05) is 0 Å². The summed E-state index contributed by atoms with van der Waals surface area (Å²) in [5.41, 5.74) is -6.41. The molecule has 37 heavy (non-hydrogen) atoms. The normalized spacial score (nSPS) is 28.4. The van der Waals surface area contributed by atoms with Crippen LogP contribution in [0.1, 0.15) is 27.7 Å². The van der Waals surface area contributed by atoms with Crippen molar-refractivity contribution >= 4 is 45.4 Å². The van der Waals surface area contributed by atoms with E-state index in [1.165, 1.54) is 0 Å². The molecule has 3 aliphatic rings. The van der Waals surface area contributed by atoms with Gasteiger partial charge >= 0.3 is 28.4 Å². The lowest BCUT2D eigenvalue weighted by atomic mass is 9.20. The topological polar surface area (TPSA) is 67.9 Å². The van der Waals surface area contributed by atoms with Crippen molar-refractivity contribution in [1.29, 1.82) is 0 Å². The van der Waals surface area contributed by atoms with Crippen molar-refractivity contribution in [3.05, 3.63) is 60.7 Å². The summed E-state index contributed by atoms with van der Waals surface area (Å²) >= 11 is 0. The van der Waals surface area contributed by atoms with E-state index in [2.05, 4.69) is 0 Å². The third-order valence-electron chi connectivity index (χ3n) is 7.86. The molecule has 0 atom stereocenters. The van der Waals surface area contributed by atoms with Gasteiger partial charge in [-0.05, 0) is 33.2 Å². The first-order valence-electron chi connectivity index (χ1n) is 12.2. The van der Waals surface area contributed by atoms with Crippen molar-refractivity contribution < 1.29 is 44.1 Å². The minimum atomic E-state index is -6.07. The van der Waals surface area contributed by atoms with Crippen molar-refractivity contribution in [2.75, 3.05) is 13.2 Å². The number of halogens is 3. The van der Waals surface area contributed by atoms with E-state index in [0.29, 0.717) is 11.6 Å².